The highest BCUT2D eigenvalue weighted by Gasteiger charge is 2.16. The first kappa shape index (κ1) is 15.1. The Balaban J connectivity index is 2.21. The summed E-state index contributed by atoms with van der Waals surface area (Å²) >= 11 is 0. The summed E-state index contributed by atoms with van der Waals surface area (Å²) in [5.41, 5.74) is 6.84. The van der Waals surface area contributed by atoms with E-state index < -0.39 is 11.6 Å². The first-order valence-corrected chi connectivity index (χ1v) is 7.11. The van der Waals surface area contributed by atoms with E-state index in [2.05, 4.69) is 9.97 Å². The number of rotatable bonds is 2. The summed E-state index contributed by atoms with van der Waals surface area (Å²) in [6.45, 7) is 3.57. The first-order valence-electron chi connectivity index (χ1n) is 7.11. The molecule has 3 N–H and O–H groups in total. The number of phenolic OH excluding ortho intramolecular Hbond substituents is 1. The zero-order valence-electron chi connectivity index (χ0n) is 12.6. The number of aromatic hydroxyl groups is 1. The van der Waals surface area contributed by atoms with Crippen molar-refractivity contribution in [3.8, 4) is 16.9 Å². The van der Waals surface area contributed by atoms with E-state index in [1.807, 2.05) is 0 Å². The van der Waals surface area contributed by atoms with Crippen molar-refractivity contribution < 1.29 is 13.9 Å². The van der Waals surface area contributed by atoms with Gasteiger partial charge in [-0.15, -0.1) is 0 Å². The Kier molecular flexibility index (Phi) is 3.60. The molecule has 1 aromatic heterocycles. The Morgan fingerprint density at radius 1 is 1.04 bits per heavy atom. The fourth-order valence-corrected chi connectivity index (χ4v) is 2.61. The highest BCUT2D eigenvalue weighted by Crippen LogP contribution is 2.34. The maximum Gasteiger partial charge on any atom is 0.220 e. The van der Waals surface area contributed by atoms with Gasteiger partial charge in [-0.2, -0.15) is 0 Å². The first-order chi connectivity index (χ1) is 10.9. The van der Waals surface area contributed by atoms with E-state index in [4.69, 9.17) is 5.73 Å². The second-order valence-electron chi connectivity index (χ2n) is 5.66. The van der Waals surface area contributed by atoms with Crippen molar-refractivity contribution in [1.29, 1.82) is 0 Å². The summed E-state index contributed by atoms with van der Waals surface area (Å²) in [5.74, 6) is -1.36. The van der Waals surface area contributed by atoms with E-state index in [9.17, 15) is 13.9 Å². The molecule has 0 radical (unpaired) electrons. The molecule has 6 heteroatoms. The summed E-state index contributed by atoms with van der Waals surface area (Å²) < 4.78 is 28.4. The number of anilines is 1. The lowest BCUT2D eigenvalue weighted by Gasteiger charge is -2.12. The number of fused-ring (bicyclic) bond motifs is 1. The summed E-state index contributed by atoms with van der Waals surface area (Å²) in [6.07, 6.45) is 1.30. The molecule has 0 atom stereocenters. The second kappa shape index (κ2) is 5.46. The fraction of sp³-hybridized carbons (Fsp3) is 0.176. The molecular formula is C17H15F2N3O. The van der Waals surface area contributed by atoms with Gasteiger partial charge in [-0.05, 0) is 41.3 Å². The number of nitrogens with zero attached hydrogens (tertiary/aromatic N) is 2. The van der Waals surface area contributed by atoms with Gasteiger partial charge in [0.25, 0.3) is 0 Å². The number of benzene rings is 2. The van der Waals surface area contributed by atoms with Gasteiger partial charge in [0.05, 0.1) is 10.9 Å². The van der Waals surface area contributed by atoms with Crippen LogP contribution in [0, 0.1) is 11.6 Å². The summed E-state index contributed by atoms with van der Waals surface area (Å²) in [5, 5.41) is 10.3. The van der Waals surface area contributed by atoms with Crippen molar-refractivity contribution in [2.45, 2.75) is 19.8 Å². The predicted octanol–water partition coefficient (Wildman–Crippen LogP) is 3.99. The van der Waals surface area contributed by atoms with Crippen LogP contribution >= 0.6 is 0 Å². The molecule has 23 heavy (non-hydrogen) atoms. The highest BCUT2D eigenvalue weighted by atomic mass is 19.1. The average Bonchev–Trinajstić information content (AvgIpc) is 2.45. The molecule has 0 aliphatic heterocycles. The van der Waals surface area contributed by atoms with Crippen molar-refractivity contribution in [1.82, 2.24) is 9.97 Å². The van der Waals surface area contributed by atoms with E-state index in [-0.39, 0.29) is 28.6 Å². The minimum Gasteiger partial charge on any atom is -0.508 e. The fourth-order valence-electron chi connectivity index (χ4n) is 2.61. The lowest BCUT2D eigenvalue weighted by atomic mass is 9.96. The van der Waals surface area contributed by atoms with Crippen LogP contribution in [0.15, 0.2) is 30.5 Å². The number of hydrogen-bond donors (Lipinski definition) is 2. The van der Waals surface area contributed by atoms with Gasteiger partial charge in [0.1, 0.15) is 17.4 Å². The summed E-state index contributed by atoms with van der Waals surface area (Å²) in [6, 6.07) is 5.54. The van der Waals surface area contributed by atoms with Crippen LogP contribution in [0.3, 0.4) is 0 Å². The summed E-state index contributed by atoms with van der Waals surface area (Å²) in [4.78, 5) is 7.74. The van der Waals surface area contributed by atoms with Gasteiger partial charge in [-0.3, -0.25) is 0 Å². The van der Waals surface area contributed by atoms with Crippen LogP contribution in [0.25, 0.3) is 22.0 Å². The third kappa shape index (κ3) is 2.67. The van der Waals surface area contributed by atoms with Crippen LogP contribution in [-0.2, 0) is 0 Å². The Labute approximate surface area is 131 Å². The highest BCUT2D eigenvalue weighted by molar-refractivity contribution is 5.85. The molecule has 0 aliphatic rings. The maximum absolute atomic E-state index is 14.2. The molecule has 4 nitrogen and oxygen atoms in total. The monoisotopic (exact) mass is 315 g/mol. The normalized spacial score (nSPS) is 11.3. The quantitative estimate of drug-likeness (QED) is 0.750. The number of phenols is 1. The number of aromatic nitrogens is 2. The van der Waals surface area contributed by atoms with Crippen LogP contribution in [0.2, 0.25) is 0 Å². The lowest BCUT2D eigenvalue weighted by Crippen LogP contribution is -1.97. The molecule has 0 spiro atoms. The molecule has 0 saturated heterocycles. The standard InChI is InChI=1S/C17H15F2N3O/c1-8(2)16-13(19)4-10(6-15(16)23)9-3-12(18)11-7-21-17(20)22-14(11)5-9/h3-8,23H,1-2H3,(H2,20,21,22). The lowest BCUT2D eigenvalue weighted by molar-refractivity contribution is 0.454. The molecular weight excluding hydrogens is 300 g/mol. The van der Waals surface area contributed by atoms with Crippen molar-refractivity contribution in [3.63, 3.8) is 0 Å². The van der Waals surface area contributed by atoms with Gasteiger partial charge in [0.2, 0.25) is 5.95 Å². The Bertz CT molecular complexity index is 887. The van der Waals surface area contributed by atoms with E-state index in [0.29, 0.717) is 16.6 Å². The van der Waals surface area contributed by atoms with Crippen molar-refractivity contribution in [3.05, 3.63) is 47.7 Å². The van der Waals surface area contributed by atoms with Gasteiger partial charge < -0.3 is 10.8 Å². The van der Waals surface area contributed by atoms with Crippen LogP contribution in [-0.4, -0.2) is 15.1 Å². The predicted molar refractivity (Wildman–Crippen MR) is 85.1 cm³/mol. The molecule has 2 aromatic carbocycles. The van der Waals surface area contributed by atoms with Crippen LogP contribution in [0.1, 0.15) is 25.3 Å². The molecule has 0 unspecified atom stereocenters. The third-order valence-corrected chi connectivity index (χ3v) is 3.69. The van der Waals surface area contributed by atoms with Gasteiger partial charge in [0.15, 0.2) is 0 Å². The molecule has 0 saturated carbocycles. The zero-order valence-corrected chi connectivity index (χ0v) is 12.6. The molecule has 0 fully saturated rings. The molecule has 3 rings (SSSR count). The molecule has 0 bridgehead atoms. The molecule has 0 amide bonds. The topological polar surface area (TPSA) is 72.0 Å². The Morgan fingerprint density at radius 3 is 2.35 bits per heavy atom. The van der Waals surface area contributed by atoms with Gasteiger partial charge in [-0.25, -0.2) is 18.7 Å². The van der Waals surface area contributed by atoms with Crippen LogP contribution in [0.5, 0.6) is 5.75 Å². The SMILES string of the molecule is CC(C)c1c(O)cc(-c2cc(F)c3cnc(N)nc3c2)cc1F. The smallest absolute Gasteiger partial charge is 0.220 e. The average molecular weight is 315 g/mol. The van der Waals surface area contributed by atoms with E-state index in [1.165, 1.54) is 24.4 Å². The Hall–Kier alpha value is -2.76. The summed E-state index contributed by atoms with van der Waals surface area (Å²) in [7, 11) is 0. The van der Waals surface area contributed by atoms with E-state index in [1.54, 1.807) is 19.9 Å². The van der Waals surface area contributed by atoms with Gasteiger partial charge >= 0.3 is 0 Å². The number of halogens is 2. The Morgan fingerprint density at radius 2 is 1.70 bits per heavy atom. The number of nitrogen functional groups attached to an aromatic ring is 1. The molecule has 118 valence electrons. The largest absolute Gasteiger partial charge is 0.508 e. The molecule has 1 heterocycles. The van der Waals surface area contributed by atoms with Gasteiger partial charge in [0, 0.05) is 11.8 Å². The van der Waals surface area contributed by atoms with Gasteiger partial charge in [-0.1, -0.05) is 13.8 Å². The van der Waals surface area contributed by atoms with E-state index >= 15 is 0 Å². The maximum atomic E-state index is 14.2. The van der Waals surface area contributed by atoms with Crippen molar-refractivity contribution in [2.24, 2.45) is 0 Å². The molecule has 0 aliphatic carbocycles. The molecule has 3 aromatic rings. The van der Waals surface area contributed by atoms with Crippen LogP contribution in [0.4, 0.5) is 14.7 Å². The zero-order chi connectivity index (χ0) is 16.7. The van der Waals surface area contributed by atoms with Crippen LogP contribution < -0.4 is 5.73 Å². The number of hydrogen-bond acceptors (Lipinski definition) is 4. The minimum absolute atomic E-state index is 0.0261. The van der Waals surface area contributed by atoms with E-state index in [0.717, 1.165) is 0 Å². The number of nitrogens with two attached hydrogens (primary N) is 1. The van der Waals surface area contributed by atoms with Crippen molar-refractivity contribution in [2.75, 3.05) is 5.73 Å². The minimum atomic E-state index is -0.537. The third-order valence-electron chi connectivity index (χ3n) is 3.69. The van der Waals surface area contributed by atoms with Crippen molar-refractivity contribution >= 4 is 16.9 Å². The second-order valence-corrected chi connectivity index (χ2v) is 5.66.